The topological polar surface area (TPSA) is 126 Å². The maximum absolute atomic E-state index is 14.1. The third kappa shape index (κ3) is 6.91. The first kappa shape index (κ1) is 34.9. The Morgan fingerprint density at radius 1 is 1.22 bits per heavy atom. The Balaban J connectivity index is 1.51. The monoisotopic (exact) mass is 737 g/mol. The van der Waals surface area contributed by atoms with Gasteiger partial charge in [-0.15, -0.1) is 29.6 Å². The van der Waals surface area contributed by atoms with Crippen molar-refractivity contribution in [2.75, 3.05) is 13.2 Å². The Morgan fingerprint density at radius 2 is 2.00 bits per heavy atom. The van der Waals surface area contributed by atoms with E-state index >= 15 is 0 Å². The van der Waals surface area contributed by atoms with Gasteiger partial charge in [0.25, 0.3) is 0 Å². The molecule has 3 aromatic heterocycles. The minimum atomic E-state index is -5.01. The van der Waals surface area contributed by atoms with E-state index in [0.717, 1.165) is 10.1 Å². The van der Waals surface area contributed by atoms with Crippen LogP contribution in [-0.2, 0) is 33.1 Å². The molecular weight excluding hydrogens is 707 g/mol. The SMILES string of the molecule is CCOC(=O)CC(c1cc(CN2C[C@@H](CC)Oc3ncc(Cl)cc3S2(=O)=O)c2sccc2c1)c1cc(OC(F)(F)F)c2c(nnn2C)c1C. The van der Waals surface area contributed by atoms with Gasteiger partial charge in [0.05, 0.1) is 24.6 Å². The third-order valence-electron chi connectivity index (χ3n) is 8.36. The van der Waals surface area contributed by atoms with Crippen molar-refractivity contribution in [2.45, 2.75) is 63.4 Å². The summed E-state index contributed by atoms with van der Waals surface area (Å²) >= 11 is 7.57. The molecule has 49 heavy (non-hydrogen) atoms. The molecule has 0 saturated heterocycles. The van der Waals surface area contributed by atoms with Crippen LogP contribution in [0.3, 0.4) is 0 Å². The molecule has 17 heteroatoms. The van der Waals surface area contributed by atoms with Crippen LogP contribution in [0.5, 0.6) is 11.6 Å². The molecule has 0 radical (unpaired) electrons. The van der Waals surface area contributed by atoms with Crippen molar-refractivity contribution in [3.63, 3.8) is 0 Å². The van der Waals surface area contributed by atoms with Crippen LogP contribution in [0.1, 0.15) is 54.9 Å². The average molecular weight is 738 g/mol. The average Bonchev–Trinajstić information content (AvgIpc) is 3.65. The van der Waals surface area contributed by atoms with Gasteiger partial charge < -0.3 is 14.2 Å². The minimum absolute atomic E-state index is 0.0246. The zero-order valence-electron chi connectivity index (χ0n) is 26.7. The molecule has 0 aliphatic carbocycles. The summed E-state index contributed by atoms with van der Waals surface area (Å²) in [6, 6.07) is 8.05. The second-order valence-corrected chi connectivity index (χ2v) is 14.8. The third-order valence-corrected chi connectivity index (χ3v) is 11.4. The number of hydrogen-bond donors (Lipinski definition) is 0. The van der Waals surface area contributed by atoms with Gasteiger partial charge in [0.2, 0.25) is 15.9 Å². The smallest absolute Gasteiger partial charge is 0.472 e. The van der Waals surface area contributed by atoms with Gasteiger partial charge in [-0.3, -0.25) is 4.79 Å². The van der Waals surface area contributed by atoms with Gasteiger partial charge in [-0.05, 0) is 77.6 Å². The Bertz CT molecular complexity index is 2170. The Morgan fingerprint density at radius 3 is 2.71 bits per heavy atom. The van der Waals surface area contributed by atoms with Crippen LogP contribution in [0.15, 0.2) is 46.8 Å². The number of aryl methyl sites for hydroxylation is 2. The number of fused-ring (bicyclic) bond motifs is 3. The lowest BCUT2D eigenvalue weighted by atomic mass is 9.84. The van der Waals surface area contributed by atoms with E-state index in [-0.39, 0.29) is 52.9 Å². The number of thiophene rings is 1. The van der Waals surface area contributed by atoms with E-state index in [9.17, 15) is 26.4 Å². The molecule has 260 valence electrons. The highest BCUT2D eigenvalue weighted by Crippen LogP contribution is 2.42. The van der Waals surface area contributed by atoms with E-state index in [0.29, 0.717) is 28.7 Å². The second kappa shape index (κ2) is 13.4. The molecule has 6 rings (SSSR count). The van der Waals surface area contributed by atoms with Crippen LogP contribution >= 0.6 is 22.9 Å². The molecule has 2 aromatic carbocycles. The van der Waals surface area contributed by atoms with Crippen molar-refractivity contribution >= 4 is 60.0 Å². The van der Waals surface area contributed by atoms with Gasteiger partial charge >= 0.3 is 12.3 Å². The van der Waals surface area contributed by atoms with Gasteiger partial charge in [-0.1, -0.05) is 29.8 Å². The quantitative estimate of drug-likeness (QED) is 0.149. The van der Waals surface area contributed by atoms with Crippen LogP contribution in [0.25, 0.3) is 21.1 Å². The molecule has 0 spiro atoms. The fourth-order valence-corrected chi connectivity index (χ4v) is 8.75. The predicted molar refractivity (Wildman–Crippen MR) is 176 cm³/mol. The normalized spacial score (nSPS) is 17.0. The molecule has 0 saturated carbocycles. The van der Waals surface area contributed by atoms with Crippen molar-refractivity contribution in [3.8, 4) is 11.6 Å². The summed E-state index contributed by atoms with van der Waals surface area (Å²) in [7, 11) is -2.69. The van der Waals surface area contributed by atoms with Crippen LogP contribution in [-0.4, -0.2) is 64.3 Å². The number of pyridine rings is 1. The molecule has 1 unspecified atom stereocenters. The number of carbonyl (C=O) groups is 1. The summed E-state index contributed by atoms with van der Waals surface area (Å²) in [6.45, 7) is 5.27. The lowest BCUT2D eigenvalue weighted by Crippen LogP contribution is -2.36. The molecule has 2 atom stereocenters. The van der Waals surface area contributed by atoms with Crippen molar-refractivity contribution in [3.05, 3.63) is 69.2 Å². The molecule has 0 bridgehead atoms. The number of rotatable bonds is 9. The first-order valence-electron chi connectivity index (χ1n) is 15.3. The number of aromatic nitrogens is 4. The van der Waals surface area contributed by atoms with Crippen LogP contribution in [0, 0.1) is 6.92 Å². The van der Waals surface area contributed by atoms with E-state index in [1.54, 1.807) is 19.9 Å². The molecule has 0 N–H and O–H groups in total. The minimum Gasteiger partial charge on any atom is -0.472 e. The summed E-state index contributed by atoms with van der Waals surface area (Å²) in [6.07, 6.45) is -3.92. The highest BCUT2D eigenvalue weighted by molar-refractivity contribution is 7.89. The Labute approximate surface area is 288 Å². The summed E-state index contributed by atoms with van der Waals surface area (Å²) < 4.78 is 88.0. The number of sulfonamides is 1. The van der Waals surface area contributed by atoms with E-state index in [4.69, 9.17) is 21.1 Å². The second-order valence-electron chi connectivity index (χ2n) is 11.5. The van der Waals surface area contributed by atoms with Gasteiger partial charge in [-0.25, -0.2) is 18.1 Å². The lowest BCUT2D eigenvalue weighted by Gasteiger charge is -2.25. The van der Waals surface area contributed by atoms with Crippen molar-refractivity contribution in [1.82, 2.24) is 24.3 Å². The Kier molecular flexibility index (Phi) is 9.52. The van der Waals surface area contributed by atoms with Gasteiger partial charge in [0.15, 0.2) is 5.75 Å². The number of carbonyl (C=O) groups excluding carboxylic acids is 1. The fourth-order valence-electron chi connectivity index (χ4n) is 6.09. The maximum Gasteiger partial charge on any atom is 0.573 e. The van der Waals surface area contributed by atoms with Crippen molar-refractivity contribution in [2.24, 2.45) is 7.05 Å². The first-order chi connectivity index (χ1) is 23.2. The number of halogens is 4. The van der Waals surface area contributed by atoms with E-state index < -0.39 is 40.1 Å². The Hall–Kier alpha value is -3.99. The van der Waals surface area contributed by atoms with Gasteiger partial charge in [0, 0.05) is 30.4 Å². The number of alkyl halides is 3. The molecule has 0 amide bonds. The number of benzene rings is 2. The highest BCUT2D eigenvalue weighted by atomic mass is 35.5. The fraction of sp³-hybridized carbons (Fsp3) is 0.375. The predicted octanol–water partition coefficient (Wildman–Crippen LogP) is 6.89. The van der Waals surface area contributed by atoms with E-state index in [1.165, 1.54) is 45.7 Å². The number of hydrogen-bond acceptors (Lipinski definition) is 10. The number of esters is 1. The number of nitrogens with zero attached hydrogens (tertiary/aromatic N) is 5. The molecule has 4 heterocycles. The molecular formula is C32H31ClF3N5O6S2. The highest BCUT2D eigenvalue weighted by Gasteiger charge is 2.37. The standard InChI is InChI=1S/C32H31ClF3N5O6S2/c1-5-22-16-41(49(43,44)26-11-21(33)14-37-31(26)46-22)15-20-10-19(9-18-7-8-48-30(18)20)24(13-27(42)45-6-2)23-12-25(47-32(34,35)36)29-28(17(23)3)38-39-40(29)4/h7-12,14,22,24H,5-6,13,15-16H2,1-4H3/t22-,24?/m1/s1. The molecule has 5 aromatic rings. The zero-order chi connectivity index (χ0) is 35.2. The summed E-state index contributed by atoms with van der Waals surface area (Å²) in [5.74, 6) is -1.96. The summed E-state index contributed by atoms with van der Waals surface area (Å²) in [5.41, 5.74) is 2.24. The van der Waals surface area contributed by atoms with Crippen LogP contribution in [0.4, 0.5) is 13.2 Å². The zero-order valence-corrected chi connectivity index (χ0v) is 29.1. The summed E-state index contributed by atoms with van der Waals surface area (Å²) in [5, 5.41) is 10.8. The van der Waals surface area contributed by atoms with Gasteiger partial charge in [-0.2, -0.15) is 4.31 Å². The van der Waals surface area contributed by atoms with Crippen LogP contribution < -0.4 is 9.47 Å². The number of ether oxygens (including phenoxy) is 3. The molecule has 11 nitrogen and oxygen atoms in total. The summed E-state index contributed by atoms with van der Waals surface area (Å²) in [4.78, 5) is 17.0. The van der Waals surface area contributed by atoms with Crippen molar-refractivity contribution < 1.29 is 40.6 Å². The van der Waals surface area contributed by atoms with Gasteiger partial charge in [0.1, 0.15) is 22.0 Å². The largest absolute Gasteiger partial charge is 0.573 e. The lowest BCUT2D eigenvalue weighted by molar-refractivity contribution is -0.274. The molecule has 1 aliphatic heterocycles. The molecule has 0 fully saturated rings. The van der Waals surface area contributed by atoms with E-state index in [2.05, 4.69) is 20.0 Å². The van der Waals surface area contributed by atoms with E-state index in [1.807, 2.05) is 24.4 Å². The van der Waals surface area contributed by atoms with Crippen LogP contribution in [0.2, 0.25) is 5.02 Å². The maximum atomic E-state index is 14.1. The first-order valence-corrected chi connectivity index (χ1v) is 18.0. The van der Waals surface area contributed by atoms with Crippen molar-refractivity contribution in [1.29, 1.82) is 0 Å². The molecule has 1 aliphatic rings.